The van der Waals surface area contributed by atoms with Crippen LogP contribution >= 0.6 is 11.3 Å². The molecule has 15 nitrogen and oxygen atoms in total. The van der Waals surface area contributed by atoms with E-state index >= 15 is 0 Å². The molecule has 368 valence electrons. The first-order valence-electron chi connectivity index (χ1n) is 24.9. The highest BCUT2D eigenvalue weighted by atomic mass is 32.1. The smallest absolute Gasteiger partial charge is 0.246 e. The number of anilines is 1. The summed E-state index contributed by atoms with van der Waals surface area (Å²) in [5.41, 5.74) is 13.2. The molecule has 8 rings (SSSR count). The minimum absolute atomic E-state index is 0.0510. The Kier molecular flexibility index (Phi) is 16.1. The number of phenols is 1. The van der Waals surface area contributed by atoms with Crippen molar-refractivity contribution in [3.63, 3.8) is 0 Å². The van der Waals surface area contributed by atoms with Crippen molar-refractivity contribution in [3.8, 4) is 38.6 Å². The van der Waals surface area contributed by atoms with E-state index in [1.165, 1.54) is 30.6 Å². The molecule has 0 radical (unpaired) electrons. The number of phenolic OH excluding ortho intramolecular Hbond substituents is 1. The quantitative estimate of drug-likeness (QED) is 0.0574. The molecule has 6 N–H and O–H groups in total. The zero-order chi connectivity index (χ0) is 48.7. The number of rotatable bonds is 17. The number of aliphatic hydroxyl groups excluding tert-OH is 1. The number of piperidine rings is 1. The van der Waals surface area contributed by atoms with Gasteiger partial charge in [-0.25, -0.2) is 4.98 Å². The molecule has 16 heteroatoms. The Morgan fingerprint density at radius 2 is 1.65 bits per heavy atom. The van der Waals surface area contributed by atoms with E-state index in [9.17, 15) is 24.6 Å². The number of thiazole rings is 1. The molecule has 3 aromatic heterocycles. The molecule has 2 saturated heterocycles. The molecule has 2 aromatic carbocycles. The van der Waals surface area contributed by atoms with Crippen molar-refractivity contribution < 1.29 is 24.6 Å². The fraction of sp³-hybridized carbons (Fsp3) is 0.528. The number of amides is 3. The van der Waals surface area contributed by atoms with Crippen LogP contribution in [-0.4, -0.2) is 107 Å². The zero-order valence-electron chi connectivity index (χ0n) is 40.6. The van der Waals surface area contributed by atoms with Crippen LogP contribution in [0.25, 0.3) is 32.8 Å². The summed E-state index contributed by atoms with van der Waals surface area (Å²) in [5.74, 6) is 0.765. The van der Waals surface area contributed by atoms with Crippen molar-refractivity contribution in [2.24, 2.45) is 23.2 Å². The number of β-amino-alcohol motifs (C(OH)–C–C–N with tert-alkyl or cyclic N) is 1. The number of aromatic nitrogens is 5. The molecule has 1 aliphatic carbocycles. The van der Waals surface area contributed by atoms with Crippen molar-refractivity contribution in [3.05, 3.63) is 83.8 Å². The second kappa shape index (κ2) is 22.4. The highest BCUT2D eigenvalue weighted by Gasteiger charge is 2.45. The average molecular weight is 959 g/mol. The van der Waals surface area contributed by atoms with E-state index < -0.39 is 23.6 Å². The van der Waals surface area contributed by atoms with Crippen molar-refractivity contribution in [2.45, 2.75) is 130 Å². The third-order valence-electron chi connectivity index (χ3n) is 14.6. The molecule has 3 fully saturated rings. The zero-order valence-corrected chi connectivity index (χ0v) is 41.5. The Hall–Kier alpha value is -5.71. The Morgan fingerprint density at radius 1 is 0.899 bits per heavy atom. The van der Waals surface area contributed by atoms with E-state index in [1.54, 1.807) is 23.5 Å². The van der Waals surface area contributed by atoms with E-state index in [2.05, 4.69) is 35.8 Å². The van der Waals surface area contributed by atoms with E-state index in [0.29, 0.717) is 35.5 Å². The molecule has 5 aromatic rings. The average Bonchev–Trinajstić information content (AvgIpc) is 4.10. The molecule has 3 aliphatic rings. The predicted molar refractivity (Wildman–Crippen MR) is 269 cm³/mol. The molecule has 0 bridgehead atoms. The van der Waals surface area contributed by atoms with Gasteiger partial charge in [-0.2, -0.15) is 5.10 Å². The highest BCUT2D eigenvalue weighted by Crippen LogP contribution is 2.35. The van der Waals surface area contributed by atoms with Crippen LogP contribution in [0.1, 0.15) is 103 Å². The molecule has 2 aliphatic heterocycles. The summed E-state index contributed by atoms with van der Waals surface area (Å²) < 4.78 is 2.01. The van der Waals surface area contributed by atoms with Crippen molar-refractivity contribution in [1.82, 2.24) is 45.4 Å². The van der Waals surface area contributed by atoms with E-state index in [4.69, 9.17) is 5.73 Å². The van der Waals surface area contributed by atoms with E-state index in [0.717, 1.165) is 97.5 Å². The Morgan fingerprint density at radius 3 is 2.36 bits per heavy atom. The minimum atomic E-state index is -0.828. The SMILES string of the molecule is Cc1ncsc1-c1ccc(CNC(=O)[C@@H]2C[C@@H](O)CN2C(=O)[C@@H](NC(=O)C2CCC(CCCCCN3CCC(Cn4cc(-c5cc(-c6ccccc6O)nnc5N)cn4)CC3)CC2)C(C)(C)C)cc1. The number of carbonyl (C=O) groups is 3. The molecular formula is C53H70N10O5S. The number of nitrogens with two attached hydrogens (primary N) is 1. The fourth-order valence-electron chi connectivity index (χ4n) is 10.4. The molecule has 0 unspecified atom stereocenters. The van der Waals surface area contributed by atoms with Gasteiger partial charge in [0.1, 0.15) is 17.8 Å². The van der Waals surface area contributed by atoms with Crippen LogP contribution < -0.4 is 16.4 Å². The maximum atomic E-state index is 14.2. The number of aliphatic hydroxyl groups is 1. The van der Waals surface area contributed by atoms with Gasteiger partial charge in [0.2, 0.25) is 17.7 Å². The van der Waals surface area contributed by atoms with Crippen LogP contribution in [-0.2, 0) is 27.5 Å². The molecular weight excluding hydrogens is 889 g/mol. The highest BCUT2D eigenvalue weighted by molar-refractivity contribution is 7.13. The minimum Gasteiger partial charge on any atom is -0.507 e. The van der Waals surface area contributed by atoms with Gasteiger partial charge < -0.3 is 36.4 Å². The summed E-state index contributed by atoms with van der Waals surface area (Å²) in [6, 6.07) is 15.3. The molecule has 1 saturated carbocycles. The number of unbranched alkanes of at least 4 members (excludes halogenated alkanes) is 2. The second-order valence-corrected chi connectivity index (χ2v) is 21.6. The van der Waals surface area contributed by atoms with Gasteiger partial charge in [0.25, 0.3) is 0 Å². The summed E-state index contributed by atoms with van der Waals surface area (Å²) in [4.78, 5) is 51.1. The van der Waals surface area contributed by atoms with Gasteiger partial charge in [0.05, 0.1) is 34.1 Å². The molecule has 3 amide bonds. The van der Waals surface area contributed by atoms with Crippen LogP contribution in [0.2, 0.25) is 0 Å². The molecule has 5 heterocycles. The van der Waals surface area contributed by atoms with Crippen LogP contribution in [0.3, 0.4) is 0 Å². The van der Waals surface area contributed by atoms with Crippen molar-refractivity contribution in [1.29, 1.82) is 0 Å². The number of carbonyl (C=O) groups excluding carboxylic acids is 3. The third kappa shape index (κ3) is 12.6. The topological polar surface area (TPSA) is 205 Å². The Bertz CT molecular complexity index is 2520. The lowest BCUT2D eigenvalue weighted by Crippen LogP contribution is -2.58. The van der Waals surface area contributed by atoms with Gasteiger partial charge in [-0.15, -0.1) is 21.5 Å². The number of nitrogens with one attached hydrogen (secondary N) is 2. The van der Waals surface area contributed by atoms with Crippen LogP contribution in [0.4, 0.5) is 5.82 Å². The van der Waals surface area contributed by atoms with Crippen molar-refractivity contribution >= 4 is 34.9 Å². The number of nitrogen functional groups attached to an aromatic ring is 1. The van der Waals surface area contributed by atoms with Crippen LogP contribution in [0, 0.1) is 30.1 Å². The summed E-state index contributed by atoms with van der Waals surface area (Å²) in [6.07, 6.45) is 13.9. The number of aryl methyl sites for hydroxylation is 1. The third-order valence-corrected chi connectivity index (χ3v) is 15.6. The van der Waals surface area contributed by atoms with Gasteiger partial charge in [-0.05, 0) is 118 Å². The Labute approximate surface area is 410 Å². The summed E-state index contributed by atoms with van der Waals surface area (Å²) in [5, 5.41) is 40.1. The van der Waals surface area contributed by atoms with Gasteiger partial charge in [-0.1, -0.05) is 76.4 Å². The number of nitrogens with zero attached hydrogens (tertiary/aromatic N) is 7. The number of aromatic hydroxyl groups is 1. The summed E-state index contributed by atoms with van der Waals surface area (Å²) in [7, 11) is 0. The Balaban J connectivity index is 0.720. The maximum absolute atomic E-state index is 14.2. The number of benzene rings is 2. The first-order valence-corrected chi connectivity index (χ1v) is 25.8. The number of hydrogen-bond acceptors (Lipinski definition) is 12. The van der Waals surface area contributed by atoms with Crippen LogP contribution in [0.15, 0.2) is 72.5 Å². The first-order chi connectivity index (χ1) is 33.2. The molecule has 69 heavy (non-hydrogen) atoms. The largest absolute Gasteiger partial charge is 0.507 e. The molecule has 3 atom stereocenters. The lowest BCUT2D eigenvalue weighted by molar-refractivity contribution is -0.144. The normalized spacial score (nSPS) is 20.7. The van der Waals surface area contributed by atoms with Gasteiger partial charge in [0.15, 0.2) is 5.82 Å². The predicted octanol–water partition coefficient (Wildman–Crippen LogP) is 7.61. The number of para-hydroxylation sites is 1. The second-order valence-electron chi connectivity index (χ2n) is 20.7. The monoisotopic (exact) mass is 959 g/mol. The lowest BCUT2D eigenvalue weighted by atomic mass is 9.78. The first kappa shape index (κ1) is 49.7. The van der Waals surface area contributed by atoms with E-state index in [-0.39, 0.29) is 42.4 Å². The number of hydrogen-bond donors (Lipinski definition) is 5. The maximum Gasteiger partial charge on any atom is 0.246 e. The van der Waals surface area contributed by atoms with Crippen LogP contribution in [0.5, 0.6) is 5.75 Å². The lowest BCUT2D eigenvalue weighted by Gasteiger charge is -2.37. The van der Waals surface area contributed by atoms with Gasteiger partial charge in [0, 0.05) is 54.9 Å². The summed E-state index contributed by atoms with van der Waals surface area (Å²) >= 11 is 1.59. The standard InChI is InChI=1S/C53H70N10O5S/c1-34-47(69-33-56-34)38-17-15-36(16-18-38)28-55-51(67)45-26-41(64)32-63(45)52(68)48(53(2,3)4)58-50(66)39-19-13-35(14-20-39)10-6-5-9-23-61-24-21-37(22-25-61)30-62-31-40(29-57-62)43-27-44(59-60-49(43)54)42-11-7-8-12-46(42)65/h7-8,11-12,15-18,27,29,31,33,35,37,39,41,45,48,64-65H,5-6,9-10,13-14,19-26,28,30,32H2,1-4H3,(H2,54,60)(H,55,67)(H,58,66)/t35?,39?,41-,45+,48-/m1/s1. The van der Waals surface area contributed by atoms with E-state index in [1.807, 2.05) is 92.7 Å². The fourth-order valence-corrected chi connectivity index (χ4v) is 11.2. The van der Waals surface area contributed by atoms with Crippen molar-refractivity contribution in [2.75, 3.05) is 31.9 Å². The summed E-state index contributed by atoms with van der Waals surface area (Å²) in [6.45, 7) is 12.3. The van der Waals surface area contributed by atoms with Gasteiger partial charge >= 0.3 is 0 Å². The van der Waals surface area contributed by atoms with Gasteiger partial charge in [-0.3, -0.25) is 19.1 Å². The molecule has 0 spiro atoms. The number of likely N-dealkylation sites (tertiary alicyclic amines) is 2.